The number of hydrogen-bond acceptors (Lipinski definition) is 5. The van der Waals surface area contributed by atoms with Gasteiger partial charge in [0.25, 0.3) is 5.56 Å². The van der Waals surface area contributed by atoms with Crippen molar-refractivity contribution in [2.75, 3.05) is 0 Å². The lowest BCUT2D eigenvalue weighted by Gasteiger charge is -2.08. The number of aromatic amines is 2. The van der Waals surface area contributed by atoms with Gasteiger partial charge in [-0.2, -0.15) is 13.2 Å². The fourth-order valence-corrected chi connectivity index (χ4v) is 2.94. The first kappa shape index (κ1) is 18.7. The van der Waals surface area contributed by atoms with Gasteiger partial charge in [0.15, 0.2) is 11.5 Å². The molecule has 1 aromatic carbocycles. The molecular weight excluding hydrogens is 391 g/mol. The lowest BCUT2D eigenvalue weighted by Crippen LogP contribution is -2.34. The molecule has 0 aliphatic rings. The summed E-state index contributed by atoms with van der Waals surface area (Å²) in [5.41, 5.74) is -0.949. The van der Waals surface area contributed by atoms with Gasteiger partial charge >= 0.3 is 11.9 Å². The van der Waals surface area contributed by atoms with Crippen LogP contribution in [-0.2, 0) is 19.3 Å². The van der Waals surface area contributed by atoms with Crippen LogP contribution in [0.5, 0.6) is 0 Å². The lowest BCUT2D eigenvalue weighted by molar-refractivity contribution is -0.137. The van der Waals surface area contributed by atoms with E-state index in [1.54, 1.807) is 13.0 Å². The van der Waals surface area contributed by atoms with Gasteiger partial charge in [-0.05, 0) is 24.6 Å². The van der Waals surface area contributed by atoms with Crippen LogP contribution in [0, 0.1) is 0 Å². The predicted octanol–water partition coefficient (Wildman–Crippen LogP) is 1.76. The first-order chi connectivity index (χ1) is 13.8. The number of H-pyrrole nitrogens is 2. The van der Waals surface area contributed by atoms with Crippen LogP contribution in [0.3, 0.4) is 0 Å². The third-order valence-corrected chi connectivity index (χ3v) is 4.33. The molecule has 4 rings (SSSR count). The SMILES string of the molecule is CCn1c(=O)[nH]c2nc(-c3cn(Cc4cccc(C(F)(F)F)c4)nn3)[nH]c2c1=O. The molecule has 2 N–H and O–H groups in total. The second-order valence-electron chi connectivity index (χ2n) is 6.29. The monoisotopic (exact) mass is 405 g/mol. The van der Waals surface area contributed by atoms with Gasteiger partial charge in [0.1, 0.15) is 11.2 Å². The number of rotatable bonds is 4. The number of alkyl halides is 3. The summed E-state index contributed by atoms with van der Waals surface area (Å²) >= 11 is 0. The van der Waals surface area contributed by atoms with E-state index in [1.165, 1.54) is 16.9 Å². The van der Waals surface area contributed by atoms with Crippen LogP contribution in [0.2, 0.25) is 0 Å². The molecule has 0 atom stereocenters. The molecule has 0 aliphatic heterocycles. The number of fused-ring (bicyclic) bond motifs is 1. The zero-order chi connectivity index (χ0) is 20.8. The van der Waals surface area contributed by atoms with E-state index in [1.807, 2.05) is 0 Å². The van der Waals surface area contributed by atoms with Crippen LogP contribution < -0.4 is 11.2 Å². The molecule has 0 aliphatic carbocycles. The van der Waals surface area contributed by atoms with E-state index in [4.69, 9.17) is 0 Å². The Labute approximate surface area is 159 Å². The normalized spacial score (nSPS) is 12.0. The van der Waals surface area contributed by atoms with Gasteiger partial charge in [0.2, 0.25) is 0 Å². The van der Waals surface area contributed by atoms with Gasteiger partial charge in [0, 0.05) is 6.54 Å². The molecule has 0 fully saturated rings. The molecule has 0 radical (unpaired) electrons. The minimum absolute atomic E-state index is 0.0661. The van der Waals surface area contributed by atoms with Gasteiger partial charge in [0.05, 0.1) is 18.3 Å². The number of nitrogens with zero attached hydrogens (tertiary/aromatic N) is 5. The maximum atomic E-state index is 12.8. The summed E-state index contributed by atoms with van der Waals surface area (Å²) in [6.45, 7) is 1.93. The molecule has 0 unspecified atom stereocenters. The number of nitrogens with one attached hydrogen (secondary N) is 2. The van der Waals surface area contributed by atoms with E-state index in [-0.39, 0.29) is 35.8 Å². The molecule has 0 amide bonds. The Balaban J connectivity index is 1.65. The van der Waals surface area contributed by atoms with Crippen molar-refractivity contribution in [1.29, 1.82) is 0 Å². The van der Waals surface area contributed by atoms with Crippen LogP contribution in [0.15, 0.2) is 40.1 Å². The standard InChI is InChI=1S/C17H14F3N7O2/c1-2-27-15(28)12-14(23-16(27)29)22-13(21-12)11-8-26(25-24-11)7-9-4-3-5-10(6-9)17(18,19)20/h3-6,8H,2,7H2,1H3,(H,21,22)(H,23,29). The quantitative estimate of drug-likeness (QED) is 0.537. The van der Waals surface area contributed by atoms with Crippen molar-refractivity contribution in [2.45, 2.75) is 26.2 Å². The fraction of sp³-hybridized carbons (Fsp3) is 0.235. The Morgan fingerprint density at radius 2 is 1.97 bits per heavy atom. The molecule has 9 nitrogen and oxygen atoms in total. The van der Waals surface area contributed by atoms with Crippen molar-refractivity contribution in [1.82, 2.24) is 34.5 Å². The second-order valence-corrected chi connectivity index (χ2v) is 6.29. The summed E-state index contributed by atoms with van der Waals surface area (Å²) < 4.78 is 40.9. The molecule has 12 heteroatoms. The predicted molar refractivity (Wildman–Crippen MR) is 96.2 cm³/mol. The van der Waals surface area contributed by atoms with E-state index in [9.17, 15) is 22.8 Å². The minimum atomic E-state index is -4.43. The second kappa shape index (κ2) is 6.72. The van der Waals surface area contributed by atoms with E-state index < -0.39 is 23.0 Å². The summed E-state index contributed by atoms with van der Waals surface area (Å²) in [5.74, 6) is 0.205. The van der Waals surface area contributed by atoms with Crippen molar-refractivity contribution in [2.24, 2.45) is 0 Å². The molecule has 3 aromatic heterocycles. The fourth-order valence-electron chi connectivity index (χ4n) is 2.94. The largest absolute Gasteiger partial charge is 0.416 e. The highest BCUT2D eigenvalue weighted by Gasteiger charge is 2.30. The first-order valence-electron chi connectivity index (χ1n) is 8.55. The number of hydrogen-bond donors (Lipinski definition) is 2. The Bertz CT molecular complexity index is 1310. The van der Waals surface area contributed by atoms with Crippen LogP contribution in [0.25, 0.3) is 22.7 Å². The third-order valence-electron chi connectivity index (χ3n) is 4.33. The molecule has 0 bridgehead atoms. The Kier molecular flexibility index (Phi) is 4.32. The average Bonchev–Trinajstić information content (AvgIpc) is 3.28. The summed E-state index contributed by atoms with van der Waals surface area (Å²) in [6, 6.07) is 4.91. The number of aromatic nitrogens is 7. The smallest absolute Gasteiger partial charge is 0.331 e. The van der Waals surface area contributed by atoms with E-state index in [0.29, 0.717) is 5.56 Å². The van der Waals surface area contributed by atoms with Crippen molar-refractivity contribution >= 4 is 11.2 Å². The lowest BCUT2D eigenvalue weighted by atomic mass is 10.1. The van der Waals surface area contributed by atoms with Crippen molar-refractivity contribution in [3.05, 3.63) is 62.4 Å². The maximum absolute atomic E-state index is 12.8. The van der Waals surface area contributed by atoms with Gasteiger partial charge < -0.3 is 4.98 Å². The average molecular weight is 405 g/mol. The van der Waals surface area contributed by atoms with E-state index in [0.717, 1.165) is 16.7 Å². The molecule has 4 aromatic rings. The summed E-state index contributed by atoms with van der Waals surface area (Å²) in [5, 5.41) is 7.83. The number of benzene rings is 1. The van der Waals surface area contributed by atoms with E-state index in [2.05, 4.69) is 25.3 Å². The Morgan fingerprint density at radius 3 is 2.69 bits per heavy atom. The van der Waals surface area contributed by atoms with Crippen LogP contribution in [-0.4, -0.2) is 34.5 Å². The molecule has 29 heavy (non-hydrogen) atoms. The highest BCUT2D eigenvalue weighted by molar-refractivity contribution is 5.73. The molecular formula is C17H14F3N7O2. The summed E-state index contributed by atoms with van der Waals surface area (Å²) in [4.78, 5) is 33.7. The zero-order valence-corrected chi connectivity index (χ0v) is 15.0. The highest BCUT2D eigenvalue weighted by Crippen LogP contribution is 2.29. The number of imidazole rings is 1. The molecule has 0 spiro atoms. The van der Waals surface area contributed by atoms with Crippen molar-refractivity contribution in [3.8, 4) is 11.5 Å². The summed E-state index contributed by atoms with van der Waals surface area (Å²) in [7, 11) is 0. The first-order valence-corrected chi connectivity index (χ1v) is 8.55. The molecule has 0 saturated carbocycles. The third kappa shape index (κ3) is 3.44. The zero-order valence-electron chi connectivity index (χ0n) is 15.0. The minimum Gasteiger partial charge on any atom is -0.331 e. The molecule has 3 heterocycles. The van der Waals surface area contributed by atoms with Gasteiger partial charge in [-0.1, -0.05) is 17.3 Å². The Hall–Kier alpha value is -3.70. The van der Waals surface area contributed by atoms with Gasteiger partial charge in [-0.3, -0.25) is 14.3 Å². The topological polar surface area (TPSA) is 114 Å². The van der Waals surface area contributed by atoms with Crippen molar-refractivity contribution < 1.29 is 13.2 Å². The van der Waals surface area contributed by atoms with Crippen LogP contribution in [0.1, 0.15) is 18.1 Å². The van der Waals surface area contributed by atoms with Crippen LogP contribution in [0.4, 0.5) is 13.2 Å². The highest BCUT2D eigenvalue weighted by atomic mass is 19.4. The number of halogens is 3. The molecule has 150 valence electrons. The maximum Gasteiger partial charge on any atom is 0.416 e. The van der Waals surface area contributed by atoms with Crippen molar-refractivity contribution in [3.63, 3.8) is 0 Å². The molecule has 0 saturated heterocycles. The van der Waals surface area contributed by atoms with Gasteiger partial charge in [-0.25, -0.2) is 14.5 Å². The summed E-state index contributed by atoms with van der Waals surface area (Å²) in [6.07, 6.45) is -2.95. The van der Waals surface area contributed by atoms with Crippen LogP contribution >= 0.6 is 0 Å². The Morgan fingerprint density at radius 1 is 1.17 bits per heavy atom. The van der Waals surface area contributed by atoms with Gasteiger partial charge in [-0.15, -0.1) is 5.10 Å². The van der Waals surface area contributed by atoms with E-state index >= 15 is 0 Å².